The maximum absolute atomic E-state index is 14.4. The fourth-order valence-electron chi connectivity index (χ4n) is 4.23. The first-order chi connectivity index (χ1) is 18.2. The second-order valence-electron chi connectivity index (χ2n) is 9.20. The van der Waals surface area contributed by atoms with E-state index in [1.54, 1.807) is 0 Å². The number of ether oxygens (including phenoxy) is 1. The smallest absolute Gasteiger partial charge is 0.260 e. The predicted octanol–water partition coefficient (Wildman–Crippen LogP) is 4.79. The van der Waals surface area contributed by atoms with Crippen molar-refractivity contribution >= 4 is 55.0 Å². The van der Waals surface area contributed by atoms with Crippen LogP contribution in [-0.2, 0) is 14.8 Å². The molecule has 13 heteroatoms. The summed E-state index contributed by atoms with van der Waals surface area (Å²) in [5.74, 6) is -1.89. The number of morpholine rings is 1. The molecule has 0 unspecified atom stereocenters. The molecule has 1 aromatic heterocycles. The normalized spacial score (nSPS) is 14.5. The molecule has 39 heavy (non-hydrogen) atoms. The average Bonchev–Trinajstić information content (AvgIpc) is 3.34. The molecule has 2 heterocycles. The van der Waals surface area contributed by atoms with Gasteiger partial charge in [0.15, 0.2) is 10.9 Å². The highest BCUT2D eigenvalue weighted by Crippen LogP contribution is 2.32. The van der Waals surface area contributed by atoms with Gasteiger partial charge in [0.1, 0.15) is 11.3 Å². The van der Waals surface area contributed by atoms with Gasteiger partial charge in [-0.15, -0.1) is 12.4 Å². The monoisotopic (exact) mass is 602 g/mol. The number of aromatic nitrogens is 1. The van der Waals surface area contributed by atoms with E-state index in [9.17, 15) is 22.0 Å². The van der Waals surface area contributed by atoms with Gasteiger partial charge in [0.2, 0.25) is 10.0 Å². The molecule has 1 amide bonds. The number of hydrogen-bond donors (Lipinski definition) is 0. The lowest BCUT2D eigenvalue weighted by molar-refractivity contribution is 0.0376. The molecule has 0 spiro atoms. The molecule has 4 rings (SSSR count). The van der Waals surface area contributed by atoms with Crippen LogP contribution < -0.4 is 4.90 Å². The molecule has 0 aliphatic carbocycles. The topological polar surface area (TPSA) is 83.1 Å². The lowest BCUT2D eigenvalue weighted by Gasteiger charge is -2.27. The molecular weight excluding hydrogens is 570 g/mol. The largest absolute Gasteiger partial charge is 0.379 e. The third-order valence-electron chi connectivity index (χ3n) is 6.47. The van der Waals surface area contributed by atoms with Gasteiger partial charge in [0.25, 0.3) is 5.91 Å². The van der Waals surface area contributed by atoms with Crippen LogP contribution in [0.5, 0.6) is 0 Å². The molecule has 1 aliphatic heterocycles. The number of sulfonamides is 1. The van der Waals surface area contributed by atoms with E-state index < -0.39 is 27.6 Å². The van der Waals surface area contributed by atoms with Gasteiger partial charge in [-0.2, -0.15) is 0 Å². The molecule has 1 aliphatic rings. The van der Waals surface area contributed by atoms with Crippen LogP contribution in [0.25, 0.3) is 10.2 Å². The van der Waals surface area contributed by atoms with Crippen LogP contribution >= 0.6 is 23.7 Å². The number of halogens is 3. The van der Waals surface area contributed by atoms with Crippen LogP contribution in [0, 0.1) is 11.6 Å². The highest BCUT2D eigenvalue weighted by atomic mass is 35.5. The number of rotatable bonds is 11. The van der Waals surface area contributed by atoms with E-state index in [-0.39, 0.29) is 33.5 Å². The van der Waals surface area contributed by atoms with Crippen molar-refractivity contribution in [2.45, 2.75) is 31.1 Å². The van der Waals surface area contributed by atoms with Crippen LogP contribution in [0.4, 0.5) is 13.9 Å². The van der Waals surface area contributed by atoms with E-state index in [1.165, 1.54) is 46.6 Å². The quantitative estimate of drug-likeness (QED) is 0.314. The SMILES string of the molecule is CCCCN(C)S(=O)(=O)c1ccc(C(=O)N(CCCN2CCOCC2)c2nc3c(F)cc(F)cc3s2)cc1.Cl. The van der Waals surface area contributed by atoms with Crippen LogP contribution in [0.1, 0.15) is 36.5 Å². The number of benzene rings is 2. The highest BCUT2D eigenvalue weighted by molar-refractivity contribution is 7.89. The Bertz CT molecular complexity index is 1370. The van der Waals surface area contributed by atoms with E-state index in [0.29, 0.717) is 37.4 Å². The Morgan fingerprint density at radius 1 is 1.10 bits per heavy atom. The summed E-state index contributed by atoms with van der Waals surface area (Å²) in [4.78, 5) is 21.7. The highest BCUT2D eigenvalue weighted by Gasteiger charge is 2.25. The molecule has 2 aromatic carbocycles. The molecule has 0 radical (unpaired) electrons. The Morgan fingerprint density at radius 3 is 2.46 bits per heavy atom. The summed E-state index contributed by atoms with van der Waals surface area (Å²) in [6.07, 6.45) is 2.25. The third kappa shape index (κ3) is 7.50. The standard InChI is InChI=1S/C26H32F2N4O4S2.ClH/c1-3-4-10-30(2)38(34,35)21-8-6-19(7-9-21)25(33)32(12-5-11-31-13-15-36-16-14-31)26-29-24-22(28)17-20(27)18-23(24)37-26;/h6-9,17-18H,3-5,10-16H2,1-2H3;1H. The molecule has 1 fully saturated rings. The van der Waals surface area contributed by atoms with Crippen molar-refractivity contribution in [3.8, 4) is 0 Å². The molecule has 0 atom stereocenters. The summed E-state index contributed by atoms with van der Waals surface area (Å²) in [6, 6.07) is 7.77. The van der Waals surface area contributed by atoms with Gasteiger partial charge < -0.3 is 4.74 Å². The van der Waals surface area contributed by atoms with Crippen LogP contribution in [-0.4, -0.2) is 81.5 Å². The number of fused-ring (bicyclic) bond motifs is 1. The first kappa shape index (κ1) is 31.3. The van der Waals surface area contributed by atoms with Crippen molar-refractivity contribution in [2.24, 2.45) is 0 Å². The molecule has 8 nitrogen and oxygen atoms in total. The number of carbonyl (C=O) groups is 1. The first-order valence-electron chi connectivity index (χ1n) is 12.6. The molecular formula is C26H33ClF2N4O4S2. The maximum atomic E-state index is 14.4. The minimum atomic E-state index is -3.67. The summed E-state index contributed by atoms with van der Waals surface area (Å²) in [5.41, 5.74) is 0.284. The predicted molar refractivity (Wildman–Crippen MR) is 152 cm³/mol. The Labute approximate surface area is 238 Å². The van der Waals surface area contributed by atoms with E-state index in [4.69, 9.17) is 4.74 Å². The zero-order valence-corrected chi connectivity index (χ0v) is 24.4. The number of hydrogen-bond acceptors (Lipinski definition) is 7. The second-order valence-corrected chi connectivity index (χ2v) is 12.3. The van der Waals surface area contributed by atoms with E-state index in [0.717, 1.165) is 49.9 Å². The summed E-state index contributed by atoms with van der Waals surface area (Å²) < 4.78 is 60.9. The van der Waals surface area contributed by atoms with E-state index in [1.807, 2.05) is 6.92 Å². The summed E-state index contributed by atoms with van der Waals surface area (Å²) >= 11 is 1.04. The summed E-state index contributed by atoms with van der Waals surface area (Å²) in [5, 5.41) is 0.257. The van der Waals surface area contributed by atoms with E-state index >= 15 is 0 Å². The Balaban J connectivity index is 0.00000420. The molecule has 0 N–H and O–H groups in total. The van der Waals surface area contributed by atoms with Crippen molar-refractivity contribution in [1.82, 2.24) is 14.2 Å². The minimum absolute atomic E-state index is 0. The fourth-order valence-corrected chi connectivity index (χ4v) is 6.47. The van der Waals surface area contributed by atoms with Crippen molar-refractivity contribution < 1.29 is 26.7 Å². The number of nitrogens with zero attached hydrogens (tertiary/aromatic N) is 4. The fraction of sp³-hybridized carbons (Fsp3) is 0.462. The van der Waals surface area contributed by atoms with Gasteiger partial charge >= 0.3 is 0 Å². The van der Waals surface area contributed by atoms with Gasteiger partial charge in [0, 0.05) is 51.4 Å². The first-order valence-corrected chi connectivity index (χ1v) is 14.9. The lowest BCUT2D eigenvalue weighted by atomic mass is 10.2. The van der Waals surface area contributed by atoms with Gasteiger partial charge in [-0.05, 0) is 43.2 Å². The Morgan fingerprint density at radius 2 is 1.79 bits per heavy atom. The number of carbonyl (C=O) groups excluding carboxylic acids is 1. The summed E-state index contributed by atoms with van der Waals surface area (Å²) in [7, 11) is -2.14. The maximum Gasteiger partial charge on any atom is 0.260 e. The van der Waals surface area contributed by atoms with Gasteiger partial charge in [-0.25, -0.2) is 26.5 Å². The number of anilines is 1. The summed E-state index contributed by atoms with van der Waals surface area (Å²) in [6.45, 7) is 6.38. The third-order valence-corrected chi connectivity index (χ3v) is 9.37. The van der Waals surface area contributed by atoms with Crippen molar-refractivity contribution in [1.29, 1.82) is 0 Å². The van der Waals surface area contributed by atoms with Crippen LogP contribution in [0.15, 0.2) is 41.3 Å². The zero-order chi connectivity index (χ0) is 27.3. The van der Waals surface area contributed by atoms with E-state index in [2.05, 4.69) is 9.88 Å². The van der Waals surface area contributed by atoms with Crippen LogP contribution in [0.3, 0.4) is 0 Å². The molecule has 0 saturated carbocycles. The van der Waals surface area contributed by atoms with Crippen molar-refractivity contribution in [3.63, 3.8) is 0 Å². The van der Waals surface area contributed by atoms with Crippen molar-refractivity contribution in [3.05, 3.63) is 53.6 Å². The van der Waals surface area contributed by atoms with Crippen LogP contribution in [0.2, 0.25) is 0 Å². The lowest BCUT2D eigenvalue weighted by Crippen LogP contribution is -2.39. The Kier molecular flexibility index (Phi) is 11.2. The molecule has 0 bridgehead atoms. The van der Waals surface area contributed by atoms with Crippen molar-refractivity contribution in [2.75, 3.05) is 57.9 Å². The Hall–Kier alpha value is -2.22. The van der Waals surface area contributed by atoms with Gasteiger partial charge in [-0.3, -0.25) is 14.6 Å². The number of thiazole rings is 1. The number of unbranched alkanes of at least 4 members (excludes halogenated alkanes) is 1. The van der Waals surface area contributed by atoms with Gasteiger partial charge in [-0.1, -0.05) is 24.7 Å². The second kappa shape index (κ2) is 13.9. The molecule has 1 saturated heterocycles. The number of amides is 1. The minimum Gasteiger partial charge on any atom is -0.379 e. The molecule has 214 valence electrons. The van der Waals surface area contributed by atoms with Gasteiger partial charge in [0.05, 0.1) is 22.8 Å². The molecule has 3 aromatic rings. The zero-order valence-electron chi connectivity index (χ0n) is 21.9. The average molecular weight is 603 g/mol.